The minimum absolute atomic E-state index is 0.158. The van der Waals surface area contributed by atoms with E-state index in [1.165, 1.54) is 0 Å². The quantitative estimate of drug-likeness (QED) is 0.476. The second kappa shape index (κ2) is 10.3. The van der Waals surface area contributed by atoms with Crippen LogP contribution in [0.1, 0.15) is 15.9 Å². The number of allylic oxidation sites excluding steroid dienone is 1. The lowest BCUT2D eigenvalue weighted by molar-refractivity contribution is 0.0322. The van der Waals surface area contributed by atoms with Crippen molar-refractivity contribution in [1.29, 1.82) is 0 Å². The van der Waals surface area contributed by atoms with Gasteiger partial charge in [-0.1, -0.05) is 18.2 Å². The summed E-state index contributed by atoms with van der Waals surface area (Å²) in [6.45, 7) is 5.44. The molecule has 0 spiro atoms. The predicted molar refractivity (Wildman–Crippen MR) is 117 cm³/mol. The van der Waals surface area contributed by atoms with Gasteiger partial charge in [-0.05, 0) is 29.8 Å². The number of morpholine rings is 1. The van der Waals surface area contributed by atoms with Crippen LogP contribution >= 0.6 is 0 Å². The molecule has 164 valence electrons. The van der Waals surface area contributed by atoms with Crippen molar-refractivity contribution in [2.45, 2.75) is 0 Å². The van der Waals surface area contributed by atoms with Gasteiger partial charge in [0.05, 0.1) is 25.9 Å². The highest BCUT2D eigenvalue weighted by atomic mass is 16.6. The Bertz CT molecular complexity index is 918. The Labute approximate surface area is 182 Å². The number of nitrogens with zero attached hydrogens (tertiary/aromatic N) is 1. The summed E-state index contributed by atoms with van der Waals surface area (Å²) >= 11 is 0. The maximum absolute atomic E-state index is 13.0. The normalized spacial score (nSPS) is 16.3. The fourth-order valence-corrected chi connectivity index (χ4v) is 3.47. The molecule has 2 heterocycles. The number of fused-ring (bicyclic) bond motifs is 1. The summed E-state index contributed by atoms with van der Waals surface area (Å²) in [4.78, 5) is 15.3. The third kappa shape index (κ3) is 5.57. The number of carbonyl (C=O) groups is 1. The van der Waals surface area contributed by atoms with Gasteiger partial charge in [0.15, 0.2) is 17.3 Å². The smallest absolute Gasteiger partial charge is 0.189 e. The number of hydrogen-bond donors (Lipinski definition) is 0. The third-order valence-corrected chi connectivity index (χ3v) is 5.22. The molecule has 1 saturated heterocycles. The Morgan fingerprint density at radius 3 is 2.45 bits per heavy atom. The van der Waals surface area contributed by atoms with Gasteiger partial charge in [0, 0.05) is 25.7 Å². The maximum atomic E-state index is 13.0. The minimum atomic E-state index is -0.158. The average molecular weight is 425 g/mol. The van der Waals surface area contributed by atoms with Gasteiger partial charge in [-0.3, -0.25) is 9.69 Å². The van der Waals surface area contributed by atoms with Crippen LogP contribution in [0, 0.1) is 0 Å². The second-order valence-electron chi connectivity index (χ2n) is 7.27. The first-order valence-corrected chi connectivity index (χ1v) is 10.5. The van der Waals surface area contributed by atoms with Crippen molar-refractivity contribution in [1.82, 2.24) is 4.90 Å². The largest absolute Gasteiger partial charge is 0.497 e. The van der Waals surface area contributed by atoms with Crippen LogP contribution in [0.25, 0.3) is 6.08 Å². The van der Waals surface area contributed by atoms with Gasteiger partial charge in [-0.25, -0.2) is 0 Å². The van der Waals surface area contributed by atoms with Gasteiger partial charge in [0.25, 0.3) is 0 Å². The first-order chi connectivity index (χ1) is 15.2. The SMILES string of the molecule is COc1ccc(/C=C/C(=O)c2cc3c(cc2OCCN2CCOCC2)OCCO3)cc1. The van der Waals surface area contributed by atoms with E-state index in [1.54, 1.807) is 31.4 Å². The average Bonchev–Trinajstić information content (AvgIpc) is 2.83. The van der Waals surface area contributed by atoms with Gasteiger partial charge >= 0.3 is 0 Å². The summed E-state index contributed by atoms with van der Waals surface area (Å²) < 4.78 is 27.9. The number of hydrogen-bond acceptors (Lipinski definition) is 7. The summed E-state index contributed by atoms with van der Waals surface area (Å²) in [5.41, 5.74) is 1.36. The van der Waals surface area contributed by atoms with Crippen molar-refractivity contribution in [2.24, 2.45) is 0 Å². The van der Waals surface area contributed by atoms with E-state index >= 15 is 0 Å². The topological polar surface area (TPSA) is 66.5 Å². The van der Waals surface area contributed by atoms with Crippen LogP contribution in [0.2, 0.25) is 0 Å². The molecule has 7 nitrogen and oxygen atoms in total. The molecule has 0 unspecified atom stereocenters. The molecule has 31 heavy (non-hydrogen) atoms. The van der Waals surface area contributed by atoms with Crippen molar-refractivity contribution in [3.8, 4) is 23.0 Å². The molecule has 1 fully saturated rings. The highest BCUT2D eigenvalue weighted by Crippen LogP contribution is 2.37. The van der Waals surface area contributed by atoms with Crippen molar-refractivity contribution >= 4 is 11.9 Å². The summed E-state index contributed by atoms with van der Waals surface area (Å²) in [7, 11) is 1.62. The van der Waals surface area contributed by atoms with E-state index in [0.717, 1.165) is 44.2 Å². The van der Waals surface area contributed by atoms with Gasteiger partial charge in [-0.15, -0.1) is 0 Å². The van der Waals surface area contributed by atoms with Crippen LogP contribution in [0.4, 0.5) is 0 Å². The number of benzene rings is 2. The minimum Gasteiger partial charge on any atom is -0.497 e. The Kier molecular flexibility index (Phi) is 7.07. The van der Waals surface area contributed by atoms with Crippen LogP contribution < -0.4 is 18.9 Å². The van der Waals surface area contributed by atoms with Gasteiger partial charge in [0.2, 0.25) is 0 Å². The molecule has 4 rings (SSSR count). The van der Waals surface area contributed by atoms with Gasteiger partial charge in [-0.2, -0.15) is 0 Å². The number of ether oxygens (including phenoxy) is 5. The molecule has 0 amide bonds. The lowest BCUT2D eigenvalue weighted by atomic mass is 10.1. The zero-order valence-corrected chi connectivity index (χ0v) is 17.7. The monoisotopic (exact) mass is 425 g/mol. The molecule has 0 radical (unpaired) electrons. The molecule has 7 heteroatoms. The molecule has 0 aliphatic carbocycles. The van der Waals surface area contributed by atoms with E-state index in [0.29, 0.717) is 42.6 Å². The standard InChI is InChI=1S/C24H27NO6/c1-27-19-5-2-18(3-6-19)4-7-21(26)20-16-23-24(31-15-14-30-23)17-22(20)29-13-10-25-8-11-28-12-9-25/h2-7,16-17H,8-15H2,1H3/b7-4+. The van der Waals surface area contributed by atoms with E-state index in [-0.39, 0.29) is 5.78 Å². The van der Waals surface area contributed by atoms with Crippen molar-refractivity contribution < 1.29 is 28.5 Å². The van der Waals surface area contributed by atoms with Gasteiger partial charge < -0.3 is 23.7 Å². The number of methoxy groups -OCH3 is 1. The van der Waals surface area contributed by atoms with Crippen molar-refractivity contribution in [3.63, 3.8) is 0 Å². The van der Waals surface area contributed by atoms with E-state index in [1.807, 2.05) is 24.3 Å². The Morgan fingerprint density at radius 2 is 1.74 bits per heavy atom. The maximum Gasteiger partial charge on any atom is 0.189 e. The zero-order valence-electron chi connectivity index (χ0n) is 17.7. The summed E-state index contributed by atoms with van der Waals surface area (Å²) in [6, 6.07) is 11.0. The zero-order chi connectivity index (χ0) is 21.5. The number of carbonyl (C=O) groups excluding carboxylic acids is 1. The Hall–Kier alpha value is -3.03. The molecule has 0 bridgehead atoms. The van der Waals surface area contributed by atoms with E-state index < -0.39 is 0 Å². The molecule has 0 saturated carbocycles. The first-order valence-electron chi connectivity index (χ1n) is 10.5. The molecule has 0 atom stereocenters. The molecule has 2 aliphatic rings. The predicted octanol–water partition coefficient (Wildman–Crippen LogP) is 3.07. The fraction of sp³-hybridized carbons (Fsp3) is 0.375. The molecular weight excluding hydrogens is 398 g/mol. The summed E-state index contributed by atoms with van der Waals surface area (Å²) in [6.07, 6.45) is 3.32. The lowest BCUT2D eigenvalue weighted by Crippen LogP contribution is -2.38. The Balaban J connectivity index is 1.49. The highest BCUT2D eigenvalue weighted by Gasteiger charge is 2.20. The van der Waals surface area contributed by atoms with E-state index in [2.05, 4.69) is 4.90 Å². The molecule has 2 aliphatic heterocycles. The summed E-state index contributed by atoms with van der Waals surface area (Å²) in [5, 5.41) is 0. The number of rotatable bonds is 8. The molecule has 0 aromatic heterocycles. The van der Waals surface area contributed by atoms with Crippen molar-refractivity contribution in [2.75, 3.05) is 59.8 Å². The van der Waals surface area contributed by atoms with E-state index in [4.69, 9.17) is 23.7 Å². The molecule has 0 N–H and O–H groups in total. The lowest BCUT2D eigenvalue weighted by Gasteiger charge is -2.26. The van der Waals surface area contributed by atoms with Crippen LogP contribution in [-0.4, -0.2) is 70.5 Å². The van der Waals surface area contributed by atoms with Crippen LogP contribution in [0.3, 0.4) is 0 Å². The number of ketones is 1. The first kappa shape index (κ1) is 21.2. The fourth-order valence-electron chi connectivity index (χ4n) is 3.47. The van der Waals surface area contributed by atoms with Crippen molar-refractivity contribution in [3.05, 3.63) is 53.6 Å². The molecule has 2 aromatic rings. The van der Waals surface area contributed by atoms with Crippen LogP contribution in [-0.2, 0) is 4.74 Å². The van der Waals surface area contributed by atoms with Gasteiger partial charge in [0.1, 0.15) is 31.3 Å². The summed E-state index contributed by atoms with van der Waals surface area (Å²) in [5.74, 6) is 2.28. The highest BCUT2D eigenvalue weighted by molar-refractivity contribution is 6.09. The third-order valence-electron chi connectivity index (χ3n) is 5.22. The van der Waals surface area contributed by atoms with Crippen LogP contribution in [0.5, 0.6) is 23.0 Å². The van der Waals surface area contributed by atoms with Crippen LogP contribution in [0.15, 0.2) is 42.5 Å². The second-order valence-corrected chi connectivity index (χ2v) is 7.27. The molecular formula is C24H27NO6. The molecule has 2 aromatic carbocycles. The Morgan fingerprint density at radius 1 is 1.03 bits per heavy atom. The van der Waals surface area contributed by atoms with E-state index in [9.17, 15) is 4.79 Å².